The number of anilines is 1. The topological polar surface area (TPSA) is 65.4 Å². The van der Waals surface area contributed by atoms with Crippen LogP contribution in [0.5, 0.6) is 0 Å². The van der Waals surface area contributed by atoms with Crippen LogP contribution in [0.25, 0.3) is 0 Å². The second-order valence-electron chi connectivity index (χ2n) is 5.22. The van der Waals surface area contributed by atoms with Crippen molar-refractivity contribution in [3.05, 3.63) is 29.8 Å². The summed E-state index contributed by atoms with van der Waals surface area (Å²) in [5.74, 6) is -0.0548. The van der Waals surface area contributed by atoms with Crippen LogP contribution >= 0.6 is 0 Å². The van der Waals surface area contributed by atoms with Gasteiger partial charge < -0.3 is 10.1 Å². The van der Waals surface area contributed by atoms with Crippen molar-refractivity contribution < 1.29 is 9.53 Å². The van der Waals surface area contributed by atoms with Gasteiger partial charge in [-0.1, -0.05) is 12.1 Å². The second kappa shape index (κ2) is 7.77. The predicted molar refractivity (Wildman–Crippen MR) is 80.9 cm³/mol. The molecule has 1 N–H and O–H groups in total. The van der Waals surface area contributed by atoms with Gasteiger partial charge in [0.1, 0.15) is 6.07 Å². The molecule has 0 saturated heterocycles. The van der Waals surface area contributed by atoms with Crippen molar-refractivity contribution in [1.82, 2.24) is 4.90 Å². The smallest absolute Gasteiger partial charge is 0.225 e. The molecule has 0 radical (unpaired) electrons. The van der Waals surface area contributed by atoms with Crippen LogP contribution in [0, 0.1) is 11.3 Å². The van der Waals surface area contributed by atoms with E-state index in [4.69, 9.17) is 10.00 Å². The molecule has 0 aliphatic heterocycles. The first kappa shape index (κ1) is 15.5. The van der Waals surface area contributed by atoms with Gasteiger partial charge in [-0.15, -0.1) is 0 Å². The van der Waals surface area contributed by atoms with Crippen LogP contribution < -0.4 is 5.32 Å². The first-order valence-corrected chi connectivity index (χ1v) is 7.26. The summed E-state index contributed by atoms with van der Waals surface area (Å²) in [5.41, 5.74) is 1.07. The molecule has 1 aliphatic carbocycles. The average Bonchev–Trinajstić information content (AvgIpc) is 3.32. The van der Waals surface area contributed by atoms with E-state index >= 15 is 0 Å². The summed E-state index contributed by atoms with van der Waals surface area (Å²) in [6, 6.07) is 9.74. The van der Waals surface area contributed by atoms with Gasteiger partial charge in [0.05, 0.1) is 17.9 Å². The molecule has 1 fully saturated rings. The van der Waals surface area contributed by atoms with Gasteiger partial charge >= 0.3 is 0 Å². The maximum atomic E-state index is 12.0. The number of benzene rings is 1. The number of rotatable bonds is 8. The van der Waals surface area contributed by atoms with Gasteiger partial charge in [0.25, 0.3) is 0 Å². The molecular weight excluding hydrogens is 266 g/mol. The van der Waals surface area contributed by atoms with Crippen molar-refractivity contribution in [2.45, 2.75) is 25.3 Å². The maximum Gasteiger partial charge on any atom is 0.225 e. The molecule has 112 valence electrons. The number of hydrogen-bond acceptors (Lipinski definition) is 4. The molecule has 1 aliphatic rings. The number of para-hydroxylation sites is 1. The molecule has 0 unspecified atom stereocenters. The molecule has 1 saturated carbocycles. The van der Waals surface area contributed by atoms with Crippen LogP contribution in [-0.2, 0) is 9.53 Å². The fourth-order valence-corrected chi connectivity index (χ4v) is 2.27. The molecule has 0 aromatic heterocycles. The Morgan fingerprint density at radius 3 is 2.86 bits per heavy atom. The molecule has 2 rings (SSSR count). The number of nitrogens with zero attached hydrogens (tertiary/aromatic N) is 2. The zero-order chi connectivity index (χ0) is 15.1. The number of nitriles is 1. The normalized spacial score (nSPS) is 14.0. The molecule has 0 heterocycles. The monoisotopic (exact) mass is 287 g/mol. The number of amides is 1. The summed E-state index contributed by atoms with van der Waals surface area (Å²) >= 11 is 0. The molecule has 1 aromatic carbocycles. The first-order valence-electron chi connectivity index (χ1n) is 7.26. The van der Waals surface area contributed by atoms with Gasteiger partial charge in [0.2, 0.25) is 5.91 Å². The standard InChI is InChI=1S/C16H21N3O2/c1-21-11-10-19(14-6-7-14)9-8-16(20)18-15-5-3-2-4-13(15)12-17/h2-5,14H,6-11H2,1H3,(H,18,20). The summed E-state index contributed by atoms with van der Waals surface area (Å²) < 4.78 is 5.10. The highest BCUT2D eigenvalue weighted by atomic mass is 16.5. The Kier molecular flexibility index (Phi) is 5.73. The largest absolute Gasteiger partial charge is 0.383 e. The highest BCUT2D eigenvalue weighted by Gasteiger charge is 2.28. The van der Waals surface area contributed by atoms with Gasteiger partial charge in [-0.25, -0.2) is 0 Å². The minimum Gasteiger partial charge on any atom is -0.383 e. The third-order valence-electron chi connectivity index (χ3n) is 3.59. The fraction of sp³-hybridized carbons (Fsp3) is 0.500. The SMILES string of the molecule is COCCN(CCC(=O)Nc1ccccc1C#N)C1CC1. The van der Waals surface area contributed by atoms with Crippen molar-refractivity contribution in [1.29, 1.82) is 5.26 Å². The van der Waals surface area contributed by atoms with Crippen LogP contribution in [0.3, 0.4) is 0 Å². The summed E-state index contributed by atoms with van der Waals surface area (Å²) in [6.45, 7) is 2.28. The summed E-state index contributed by atoms with van der Waals surface area (Å²) in [7, 11) is 1.69. The lowest BCUT2D eigenvalue weighted by Crippen LogP contribution is -2.32. The van der Waals surface area contributed by atoms with Gasteiger partial charge in [-0.3, -0.25) is 9.69 Å². The van der Waals surface area contributed by atoms with E-state index in [2.05, 4.69) is 16.3 Å². The predicted octanol–water partition coefficient (Wildman–Crippen LogP) is 2.00. The van der Waals surface area contributed by atoms with Crippen molar-refractivity contribution >= 4 is 11.6 Å². The van der Waals surface area contributed by atoms with E-state index in [0.29, 0.717) is 30.3 Å². The van der Waals surface area contributed by atoms with Gasteiger partial charge in [0.15, 0.2) is 0 Å². The molecule has 5 heteroatoms. The summed E-state index contributed by atoms with van der Waals surface area (Å²) in [4.78, 5) is 14.3. The van der Waals surface area contributed by atoms with Crippen molar-refractivity contribution in [3.8, 4) is 6.07 Å². The Hall–Kier alpha value is -1.90. The number of carbonyl (C=O) groups excluding carboxylic acids is 1. The van der Waals surface area contributed by atoms with Crippen molar-refractivity contribution in [3.63, 3.8) is 0 Å². The summed E-state index contributed by atoms with van der Waals surface area (Å²) in [6.07, 6.45) is 2.85. The zero-order valence-electron chi connectivity index (χ0n) is 12.3. The van der Waals surface area contributed by atoms with Crippen LogP contribution in [-0.4, -0.2) is 43.7 Å². The minimum atomic E-state index is -0.0548. The van der Waals surface area contributed by atoms with E-state index in [1.54, 1.807) is 25.3 Å². The number of ether oxygens (including phenoxy) is 1. The maximum absolute atomic E-state index is 12.0. The van der Waals surface area contributed by atoms with E-state index in [-0.39, 0.29) is 5.91 Å². The lowest BCUT2D eigenvalue weighted by molar-refractivity contribution is -0.116. The molecule has 0 bridgehead atoms. The number of nitrogens with one attached hydrogen (secondary N) is 1. The van der Waals surface area contributed by atoms with Gasteiger partial charge in [0, 0.05) is 32.7 Å². The molecule has 0 spiro atoms. The molecule has 0 atom stereocenters. The molecule has 21 heavy (non-hydrogen) atoms. The van der Waals surface area contributed by atoms with Crippen molar-refractivity contribution in [2.75, 3.05) is 32.1 Å². The van der Waals surface area contributed by atoms with Crippen LogP contribution in [0.4, 0.5) is 5.69 Å². The molecule has 5 nitrogen and oxygen atoms in total. The zero-order valence-corrected chi connectivity index (χ0v) is 12.3. The van der Waals surface area contributed by atoms with Crippen LogP contribution in [0.1, 0.15) is 24.8 Å². The Morgan fingerprint density at radius 1 is 1.43 bits per heavy atom. The molecular formula is C16H21N3O2. The number of carbonyl (C=O) groups is 1. The Balaban J connectivity index is 1.82. The van der Waals surface area contributed by atoms with E-state index in [9.17, 15) is 4.79 Å². The van der Waals surface area contributed by atoms with Crippen LogP contribution in [0.15, 0.2) is 24.3 Å². The quantitative estimate of drug-likeness (QED) is 0.794. The third kappa shape index (κ3) is 4.85. The molecule has 1 amide bonds. The van der Waals surface area contributed by atoms with E-state index in [0.717, 1.165) is 13.1 Å². The summed E-state index contributed by atoms with van der Waals surface area (Å²) in [5, 5.41) is 11.8. The second-order valence-corrected chi connectivity index (χ2v) is 5.22. The van der Waals surface area contributed by atoms with E-state index in [1.807, 2.05) is 6.07 Å². The fourth-order valence-electron chi connectivity index (χ4n) is 2.27. The lowest BCUT2D eigenvalue weighted by Gasteiger charge is -2.21. The van der Waals surface area contributed by atoms with E-state index in [1.165, 1.54) is 12.8 Å². The minimum absolute atomic E-state index is 0.0548. The Labute approximate surface area is 125 Å². The number of methoxy groups -OCH3 is 1. The Morgan fingerprint density at radius 2 is 2.19 bits per heavy atom. The van der Waals surface area contributed by atoms with Gasteiger partial charge in [-0.2, -0.15) is 5.26 Å². The average molecular weight is 287 g/mol. The van der Waals surface area contributed by atoms with E-state index < -0.39 is 0 Å². The third-order valence-corrected chi connectivity index (χ3v) is 3.59. The highest BCUT2D eigenvalue weighted by molar-refractivity contribution is 5.92. The van der Waals surface area contributed by atoms with Crippen molar-refractivity contribution in [2.24, 2.45) is 0 Å². The number of hydrogen-bond donors (Lipinski definition) is 1. The Bertz CT molecular complexity index is 520. The lowest BCUT2D eigenvalue weighted by atomic mass is 10.2. The highest BCUT2D eigenvalue weighted by Crippen LogP contribution is 2.26. The van der Waals surface area contributed by atoms with Gasteiger partial charge in [-0.05, 0) is 25.0 Å². The molecule has 1 aromatic rings. The van der Waals surface area contributed by atoms with Crippen LogP contribution in [0.2, 0.25) is 0 Å². The first-order chi connectivity index (χ1) is 10.2.